The molecule has 1 atom stereocenters. The largest absolute Gasteiger partial charge is 0.481 e. The molecule has 1 N–H and O–H groups in total. The summed E-state index contributed by atoms with van der Waals surface area (Å²) < 4.78 is 0. The first kappa shape index (κ1) is 13.6. The molecule has 0 bridgehead atoms. The minimum atomic E-state index is -0.852. The van der Waals surface area contributed by atoms with Crippen molar-refractivity contribution in [1.29, 1.82) is 0 Å². The Morgan fingerprint density at radius 1 is 1.42 bits per heavy atom. The van der Waals surface area contributed by atoms with Gasteiger partial charge in [-0.15, -0.1) is 0 Å². The van der Waals surface area contributed by atoms with Crippen LogP contribution < -0.4 is 4.90 Å². The summed E-state index contributed by atoms with van der Waals surface area (Å²) in [6.45, 7) is 2.81. The van der Waals surface area contributed by atoms with E-state index < -0.39 is 5.97 Å². The highest BCUT2D eigenvalue weighted by atomic mass is 16.4. The van der Waals surface area contributed by atoms with Gasteiger partial charge in [0.2, 0.25) is 5.91 Å². The molecule has 1 amide bonds. The van der Waals surface area contributed by atoms with Crippen molar-refractivity contribution in [1.82, 2.24) is 0 Å². The Morgan fingerprint density at radius 3 is 2.84 bits per heavy atom. The molecule has 0 aromatic heterocycles. The molecule has 4 nitrogen and oxygen atoms in total. The Kier molecular flexibility index (Phi) is 4.20. The molecule has 1 heterocycles. The number of carboxylic acid groups (broad SMARTS) is 1. The van der Waals surface area contributed by atoms with Gasteiger partial charge in [0, 0.05) is 24.6 Å². The first-order chi connectivity index (χ1) is 9.13. The number of anilines is 1. The van der Waals surface area contributed by atoms with Gasteiger partial charge in [-0.1, -0.05) is 31.5 Å². The van der Waals surface area contributed by atoms with Crippen molar-refractivity contribution in [3.05, 3.63) is 29.8 Å². The molecule has 0 spiro atoms. The number of benzene rings is 1. The van der Waals surface area contributed by atoms with Gasteiger partial charge < -0.3 is 10.0 Å². The summed E-state index contributed by atoms with van der Waals surface area (Å²) in [4.78, 5) is 24.9. The zero-order valence-electron chi connectivity index (χ0n) is 11.1. The number of carbonyl (C=O) groups is 2. The third-order valence-electron chi connectivity index (χ3n) is 3.55. The van der Waals surface area contributed by atoms with Crippen molar-refractivity contribution >= 4 is 17.6 Å². The van der Waals surface area contributed by atoms with Crippen LogP contribution in [0, 0.1) is 0 Å². The lowest BCUT2D eigenvalue weighted by Crippen LogP contribution is -2.37. The summed E-state index contributed by atoms with van der Waals surface area (Å²) in [5.41, 5.74) is 1.87. The van der Waals surface area contributed by atoms with Crippen LogP contribution in [0.2, 0.25) is 0 Å². The first-order valence-corrected chi connectivity index (χ1v) is 6.74. The smallest absolute Gasteiger partial charge is 0.303 e. The van der Waals surface area contributed by atoms with Crippen LogP contribution in [0.3, 0.4) is 0 Å². The molecule has 19 heavy (non-hydrogen) atoms. The standard InChI is InChI=1S/C15H19NO3/c1-2-3-8-16-13-7-5-4-6-12(13)11(9-14(16)17)10-15(18)19/h4-7,11H,2-3,8-10H2,1H3,(H,18,19). The average molecular weight is 261 g/mol. The molecular weight excluding hydrogens is 242 g/mol. The summed E-state index contributed by atoms with van der Waals surface area (Å²) in [7, 11) is 0. The number of hydrogen-bond donors (Lipinski definition) is 1. The van der Waals surface area contributed by atoms with Crippen molar-refractivity contribution in [2.75, 3.05) is 11.4 Å². The highest BCUT2D eigenvalue weighted by molar-refractivity contribution is 5.97. The third kappa shape index (κ3) is 2.95. The Morgan fingerprint density at radius 2 is 2.16 bits per heavy atom. The number of hydrogen-bond acceptors (Lipinski definition) is 2. The number of aliphatic carboxylic acids is 1. The van der Waals surface area contributed by atoms with E-state index >= 15 is 0 Å². The quantitative estimate of drug-likeness (QED) is 0.886. The average Bonchev–Trinajstić information content (AvgIpc) is 2.38. The van der Waals surface area contributed by atoms with Gasteiger partial charge >= 0.3 is 5.97 Å². The Balaban J connectivity index is 2.31. The summed E-state index contributed by atoms with van der Waals surface area (Å²) in [5.74, 6) is -1.01. The molecule has 1 aromatic rings. The molecule has 0 aliphatic carbocycles. The van der Waals surface area contributed by atoms with Crippen molar-refractivity contribution in [3.63, 3.8) is 0 Å². The molecule has 4 heteroatoms. The zero-order valence-corrected chi connectivity index (χ0v) is 11.1. The monoisotopic (exact) mass is 261 g/mol. The zero-order chi connectivity index (χ0) is 13.8. The molecule has 0 fully saturated rings. The number of carbonyl (C=O) groups excluding carboxylic acids is 1. The predicted octanol–water partition coefficient (Wildman–Crippen LogP) is 2.78. The van der Waals surface area contributed by atoms with E-state index in [0.29, 0.717) is 13.0 Å². The van der Waals surface area contributed by atoms with E-state index in [-0.39, 0.29) is 18.2 Å². The fourth-order valence-electron chi connectivity index (χ4n) is 2.60. The number of carboxylic acids is 1. The summed E-state index contributed by atoms with van der Waals surface area (Å²) in [5, 5.41) is 8.96. The van der Waals surface area contributed by atoms with Gasteiger partial charge in [-0.3, -0.25) is 9.59 Å². The van der Waals surface area contributed by atoms with Crippen LogP contribution in [0.5, 0.6) is 0 Å². The maximum atomic E-state index is 12.2. The topological polar surface area (TPSA) is 57.6 Å². The van der Waals surface area contributed by atoms with Crippen LogP contribution >= 0.6 is 0 Å². The van der Waals surface area contributed by atoms with Gasteiger partial charge in [0.15, 0.2) is 0 Å². The number of rotatable bonds is 5. The van der Waals surface area contributed by atoms with E-state index in [1.807, 2.05) is 24.3 Å². The Bertz CT molecular complexity index is 484. The van der Waals surface area contributed by atoms with E-state index in [9.17, 15) is 9.59 Å². The van der Waals surface area contributed by atoms with Crippen LogP contribution in [-0.4, -0.2) is 23.5 Å². The second-order valence-corrected chi connectivity index (χ2v) is 4.96. The van der Waals surface area contributed by atoms with Crippen LogP contribution in [0.4, 0.5) is 5.69 Å². The second-order valence-electron chi connectivity index (χ2n) is 4.96. The van der Waals surface area contributed by atoms with Crippen molar-refractivity contribution in [2.24, 2.45) is 0 Å². The molecule has 1 aliphatic rings. The van der Waals surface area contributed by atoms with Crippen molar-refractivity contribution < 1.29 is 14.7 Å². The maximum absolute atomic E-state index is 12.2. The molecule has 1 aromatic carbocycles. The van der Waals surface area contributed by atoms with Crippen LogP contribution in [-0.2, 0) is 9.59 Å². The Labute approximate surface area is 113 Å². The fourth-order valence-corrected chi connectivity index (χ4v) is 2.60. The van der Waals surface area contributed by atoms with E-state index in [4.69, 9.17) is 5.11 Å². The first-order valence-electron chi connectivity index (χ1n) is 6.74. The van der Waals surface area contributed by atoms with Gasteiger partial charge in [-0.05, 0) is 18.1 Å². The lowest BCUT2D eigenvalue weighted by atomic mass is 9.87. The lowest BCUT2D eigenvalue weighted by molar-refractivity contribution is -0.137. The lowest BCUT2D eigenvalue weighted by Gasteiger charge is -2.33. The molecular formula is C15H19NO3. The van der Waals surface area contributed by atoms with Gasteiger partial charge in [0.25, 0.3) is 0 Å². The molecule has 102 valence electrons. The maximum Gasteiger partial charge on any atom is 0.303 e. The van der Waals surface area contributed by atoms with E-state index in [0.717, 1.165) is 24.1 Å². The van der Waals surface area contributed by atoms with Gasteiger partial charge in [0.05, 0.1) is 6.42 Å². The minimum Gasteiger partial charge on any atom is -0.481 e. The third-order valence-corrected chi connectivity index (χ3v) is 3.55. The van der Waals surface area contributed by atoms with Crippen molar-refractivity contribution in [2.45, 2.75) is 38.5 Å². The normalized spacial score (nSPS) is 18.3. The highest BCUT2D eigenvalue weighted by Gasteiger charge is 2.31. The van der Waals surface area contributed by atoms with Crippen LogP contribution in [0.25, 0.3) is 0 Å². The van der Waals surface area contributed by atoms with E-state index in [1.165, 1.54) is 0 Å². The highest BCUT2D eigenvalue weighted by Crippen LogP contribution is 2.37. The van der Waals surface area contributed by atoms with Crippen LogP contribution in [0.15, 0.2) is 24.3 Å². The number of nitrogens with zero attached hydrogens (tertiary/aromatic N) is 1. The molecule has 0 radical (unpaired) electrons. The molecule has 1 aliphatic heterocycles. The van der Waals surface area contributed by atoms with E-state index in [1.54, 1.807) is 4.90 Å². The van der Waals surface area contributed by atoms with Crippen LogP contribution in [0.1, 0.15) is 44.1 Å². The fraction of sp³-hybridized carbons (Fsp3) is 0.467. The van der Waals surface area contributed by atoms with Crippen molar-refractivity contribution in [3.8, 4) is 0 Å². The molecule has 2 rings (SSSR count). The van der Waals surface area contributed by atoms with Gasteiger partial charge in [-0.2, -0.15) is 0 Å². The van der Waals surface area contributed by atoms with Gasteiger partial charge in [0.1, 0.15) is 0 Å². The SMILES string of the molecule is CCCCN1C(=O)CC(CC(=O)O)c2ccccc21. The molecule has 0 saturated heterocycles. The molecule has 0 saturated carbocycles. The minimum absolute atomic E-state index is 0.0182. The van der Waals surface area contributed by atoms with Gasteiger partial charge in [-0.25, -0.2) is 0 Å². The number of para-hydroxylation sites is 1. The number of fused-ring (bicyclic) bond motifs is 1. The molecule has 1 unspecified atom stereocenters. The summed E-state index contributed by atoms with van der Waals surface area (Å²) >= 11 is 0. The summed E-state index contributed by atoms with van der Waals surface area (Å²) in [6, 6.07) is 7.65. The summed E-state index contributed by atoms with van der Waals surface area (Å²) in [6.07, 6.45) is 2.31. The predicted molar refractivity (Wildman–Crippen MR) is 73.3 cm³/mol. The number of amides is 1. The van der Waals surface area contributed by atoms with E-state index in [2.05, 4.69) is 6.92 Å². The number of unbranched alkanes of at least 4 members (excludes halogenated alkanes) is 1. The Hall–Kier alpha value is -1.84. The second kappa shape index (κ2) is 5.87.